The molecule has 13 heteroatoms. The molecule has 2 aliphatic heterocycles. The average molecular weight is 629 g/mol. The van der Waals surface area contributed by atoms with E-state index in [9.17, 15) is 10.1 Å². The fourth-order valence-corrected chi connectivity index (χ4v) is 5.57. The molecule has 0 atom stereocenters. The van der Waals surface area contributed by atoms with Crippen molar-refractivity contribution in [1.29, 1.82) is 5.26 Å². The van der Waals surface area contributed by atoms with Gasteiger partial charge in [0.15, 0.2) is 5.82 Å². The molecule has 7 rings (SSSR count). The maximum atomic E-state index is 13.6. The van der Waals surface area contributed by atoms with Crippen LogP contribution in [0, 0.1) is 11.3 Å². The number of morpholine rings is 1. The van der Waals surface area contributed by atoms with Crippen LogP contribution in [0.25, 0.3) is 11.1 Å². The topological polar surface area (TPSA) is 146 Å². The first-order valence-electron chi connectivity index (χ1n) is 15.2. The van der Waals surface area contributed by atoms with Crippen LogP contribution in [0.1, 0.15) is 11.1 Å². The van der Waals surface area contributed by atoms with Crippen LogP contribution in [-0.2, 0) is 23.1 Å². The number of amides is 2. The second-order valence-electron chi connectivity index (χ2n) is 11.4. The van der Waals surface area contributed by atoms with E-state index in [1.54, 1.807) is 17.1 Å². The van der Waals surface area contributed by atoms with Crippen LogP contribution in [0.5, 0.6) is 0 Å². The molecule has 13 nitrogen and oxygen atoms in total. The molecule has 0 radical (unpaired) electrons. The number of hydrogen-bond donors (Lipinski definition) is 2. The number of nitrogens with one attached hydrogen (secondary N) is 2. The minimum absolute atomic E-state index is 0.323. The Hall–Kier alpha value is -5.84. The summed E-state index contributed by atoms with van der Waals surface area (Å²) in [5.41, 5.74) is 4.16. The van der Waals surface area contributed by atoms with Crippen molar-refractivity contribution in [3.63, 3.8) is 0 Å². The molecule has 2 amide bonds. The first-order chi connectivity index (χ1) is 23.0. The van der Waals surface area contributed by atoms with Gasteiger partial charge in [-0.1, -0.05) is 30.3 Å². The van der Waals surface area contributed by atoms with Crippen LogP contribution < -0.4 is 20.4 Å². The molecule has 0 unspecified atom stereocenters. The fraction of sp³-hybridized carbons (Fsp3) is 0.235. The van der Waals surface area contributed by atoms with E-state index in [4.69, 9.17) is 14.5 Å². The van der Waals surface area contributed by atoms with Gasteiger partial charge in [0.05, 0.1) is 44.4 Å². The Morgan fingerprint density at radius 1 is 1.02 bits per heavy atom. The number of urea groups is 1. The standard InChI is InChI=1S/C34H32N10O3/c1-42-20-27(19-39-42)25-7-12-30(36-17-25)44(33(45)38-16-24-5-3-2-4-6-24)29-10-8-28(9-11-29)40-32-37-18-26(15-35)31(41-32)43-13-14-47-34(21-43)22-46-23-34/h2-12,17-20H,13-14,16,21-23H2,1H3,(H,38,45)(H,37,40,41). The van der Waals surface area contributed by atoms with Crippen LogP contribution in [0.15, 0.2) is 91.5 Å². The molecule has 0 saturated carbocycles. The number of anilines is 5. The summed E-state index contributed by atoms with van der Waals surface area (Å²) >= 11 is 0. The number of hydrogen-bond acceptors (Lipinski definition) is 10. The summed E-state index contributed by atoms with van der Waals surface area (Å²) in [5, 5.41) is 20.2. The number of aromatic nitrogens is 5. The Kier molecular flexibility index (Phi) is 8.18. The molecule has 3 aromatic heterocycles. The van der Waals surface area contributed by atoms with Crippen LogP contribution in [0.2, 0.25) is 0 Å². The van der Waals surface area contributed by atoms with Gasteiger partial charge in [0.2, 0.25) is 5.95 Å². The minimum Gasteiger partial charge on any atom is -0.375 e. The lowest BCUT2D eigenvalue weighted by atomic mass is 9.99. The van der Waals surface area contributed by atoms with Crippen molar-refractivity contribution in [1.82, 2.24) is 30.0 Å². The van der Waals surface area contributed by atoms with Crippen molar-refractivity contribution >= 4 is 35.0 Å². The molecular formula is C34H32N10O3. The molecule has 236 valence electrons. The zero-order valence-corrected chi connectivity index (χ0v) is 25.7. The van der Waals surface area contributed by atoms with Gasteiger partial charge in [-0.15, -0.1) is 0 Å². The monoisotopic (exact) mass is 628 g/mol. The molecule has 47 heavy (non-hydrogen) atoms. The van der Waals surface area contributed by atoms with E-state index in [-0.39, 0.29) is 11.6 Å². The highest BCUT2D eigenvalue weighted by atomic mass is 16.6. The third kappa shape index (κ3) is 6.46. The van der Waals surface area contributed by atoms with E-state index >= 15 is 0 Å². The number of carbonyl (C=O) groups is 1. The number of benzene rings is 2. The van der Waals surface area contributed by atoms with E-state index < -0.39 is 0 Å². The Labute approximate surface area is 271 Å². The predicted molar refractivity (Wildman–Crippen MR) is 175 cm³/mol. The average Bonchev–Trinajstić information content (AvgIpc) is 3.54. The van der Waals surface area contributed by atoms with E-state index in [0.717, 1.165) is 16.7 Å². The third-order valence-corrected chi connectivity index (χ3v) is 8.05. The van der Waals surface area contributed by atoms with E-state index in [2.05, 4.69) is 36.7 Å². The van der Waals surface area contributed by atoms with Gasteiger partial charge >= 0.3 is 6.03 Å². The quantitative estimate of drug-likeness (QED) is 0.251. The molecule has 2 fully saturated rings. The number of nitrogens with zero attached hydrogens (tertiary/aromatic N) is 8. The highest BCUT2D eigenvalue weighted by Crippen LogP contribution is 2.31. The van der Waals surface area contributed by atoms with Crippen molar-refractivity contribution < 1.29 is 14.3 Å². The molecule has 2 saturated heterocycles. The lowest BCUT2D eigenvalue weighted by Gasteiger charge is -2.48. The maximum Gasteiger partial charge on any atom is 0.327 e. The molecule has 5 aromatic rings. The van der Waals surface area contributed by atoms with Crippen molar-refractivity contribution in [2.24, 2.45) is 7.05 Å². The Morgan fingerprint density at radius 2 is 1.85 bits per heavy atom. The predicted octanol–water partition coefficient (Wildman–Crippen LogP) is 4.54. The Bertz CT molecular complexity index is 1900. The van der Waals surface area contributed by atoms with E-state index in [1.165, 1.54) is 11.1 Å². The lowest BCUT2D eigenvalue weighted by molar-refractivity contribution is -0.211. The van der Waals surface area contributed by atoms with E-state index in [1.807, 2.05) is 80.0 Å². The number of pyridine rings is 1. The van der Waals surface area contributed by atoms with Gasteiger partial charge < -0.3 is 25.0 Å². The van der Waals surface area contributed by atoms with Crippen molar-refractivity contribution in [3.05, 3.63) is 103 Å². The number of nitriles is 1. The zero-order chi connectivity index (χ0) is 32.2. The molecule has 2 aliphatic rings. The summed E-state index contributed by atoms with van der Waals surface area (Å²) in [7, 11) is 1.86. The van der Waals surface area contributed by atoms with Crippen molar-refractivity contribution in [2.45, 2.75) is 12.1 Å². The normalized spacial score (nSPS) is 15.0. The number of ether oxygens (including phenoxy) is 2. The highest BCUT2D eigenvalue weighted by Gasteiger charge is 2.44. The molecular weight excluding hydrogens is 596 g/mol. The fourth-order valence-electron chi connectivity index (χ4n) is 5.57. The Morgan fingerprint density at radius 3 is 2.53 bits per heavy atom. The third-order valence-electron chi connectivity index (χ3n) is 8.05. The molecule has 1 spiro atoms. The number of aryl methyl sites for hydroxylation is 1. The highest BCUT2D eigenvalue weighted by molar-refractivity contribution is 5.98. The first kappa shape index (κ1) is 29.8. The maximum absolute atomic E-state index is 13.6. The van der Waals surface area contributed by atoms with Gasteiger partial charge in [-0.3, -0.25) is 4.68 Å². The molecule has 2 N–H and O–H groups in total. The van der Waals surface area contributed by atoms with Crippen LogP contribution in [0.3, 0.4) is 0 Å². The van der Waals surface area contributed by atoms with Crippen molar-refractivity contribution in [3.8, 4) is 17.2 Å². The minimum atomic E-state index is -0.355. The van der Waals surface area contributed by atoms with Gasteiger partial charge in [0.1, 0.15) is 23.1 Å². The van der Waals surface area contributed by atoms with Gasteiger partial charge in [0, 0.05) is 49.3 Å². The molecule has 2 aromatic carbocycles. The van der Waals surface area contributed by atoms with Crippen LogP contribution >= 0.6 is 0 Å². The van der Waals surface area contributed by atoms with Gasteiger partial charge in [-0.2, -0.15) is 15.3 Å². The van der Waals surface area contributed by atoms with Crippen LogP contribution in [-0.4, -0.2) is 69.3 Å². The second-order valence-corrected chi connectivity index (χ2v) is 11.4. The second kappa shape index (κ2) is 12.9. The zero-order valence-electron chi connectivity index (χ0n) is 25.7. The van der Waals surface area contributed by atoms with Gasteiger partial charge in [0.25, 0.3) is 0 Å². The summed E-state index contributed by atoms with van der Waals surface area (Å²) in [6.45, 7) is 3.14. The van der Waals surface area contributed by atoms with Gasteiger partial charge in [-0.05, 0) is 42.0 Å². The Balaban J connectivity index is 1.12. The summed E-state index contributed by atoms with van der Waals surface area (Å²) in [4.78, 5) is 31.0. The molecule has 0 bridgehead atoms. The van der Waals surface area contributed by atoms with Gasteiger partial charge in [-0.25, -0.2) is 19.7 Å². The summed E-state index contributed by atoms with van der Waals surface area (Å²) in [6.07, 6.45) is 6.94. The largest absolute Gasteiger partial charge is 0.375 e. The summed E-state index contributed by atoms with van der Waals surface area (Å²) in [5.74, 6) is 1.37. The SMILES string of the molecule is Cn1cc(-c2ccc(N(C(=O)NCc3ccccc3)c3ccc(Nc4ncc(C#N)c(N5CCOC6(COC6)C5)n4)cc3)nc2)cn1. The van der Waals surface area contributed by atoms with E-state index in [0.29, 0.717) is 74.0 Å². The molecule has 5 heterocycles. The number of rotatable bonds is 8. The first-order valence-corrected chi connectivity index (χ1v) is 15.2. The van der Waals surface area contributed by atoms with Crippen molar-refractivity contribution in [2.75, 3.05) is 48.0 Å². The summed E-state index contributed by atoms with van der Waals surface area (Å²) < 4.78 is 13.1. The smallest absolute Gasteiger partial charge is 0.327 e. The van der Waals surface area contributed by atoms with Crippen LogP contribution in [0.4, 0.5) is 33.8 Å². The lowest BCUT2D eigenvalue weighted by Crippen LogP contribution is -2.63. The summed E-state index contributed by atoms with van der Waals surface area (Å²) in [6, 6.07) is 22.7. The number of carbonyl (C=O) groups excluding carboxylic acids is 1. The molecule has 0 aliphatic carbocycles.